The lowest BCUT2D eigenvalue weighted by molar-refractivity contribution is 0.454. The van der Waals surface area contributed by atoms with Gasteiger partial charge < -0.3 is 9.68 Å². The first kappa shape index (κ1) is 37.8. The highest BCUT2D eigenvalue weighted by atomic mass is 35.5. The van der Waals surface area contributed by atoms with Crippen LogP contribution in [-0.2, 0) is 0 Å². The normalized spacial score (nSPS) is 10.2. The van der Waals surface area contributed by atoms with Gasteiger partial charge in [0.05, 0.1) is 0 Å². The van der Waals surface area contributed by atoms with Crippen molar-refractivity contribution < 1.29 is 9.68 Å². The Morgan fingerprint density at radius 1 is 0.333 bits per heavy atom. The summed E-state index contributed by atoms with van der Waals surface area (Å²) in [5.41, 5.74) is 7.28. The fraction of sp³-hybridized carbons (Fsp3) is 0. The lowest BCUT2D eigenvalue weighted by Gasteiger charge is -2.06. The third-order valence-corrected chi connectivity index (χ3v) is 8.16. The fourth-order valence-corrected chi connectivity index (χ4v) is 5.62. The predicted octanol–water partition coefficient (Wildman–Crippen LogP) is 10.6. The fourth-order valence-electron chi connectivity index (χ4n) is 5.10. The van der Waals surface area contributed by atoms with Crippen LogP contribution in [0.4, 0.5) is 0 Å². The van der Waals surface area contributed by atoms with Crippen LogP contribution in [0.3, 0.4) is 0 Å². The van der Waals surface area contributed by atoms with Crippen LogP contribution in [0.15, 0.2) is 170 Å². The number of hydrogen-bond donors (Lipinski definition) is 1. The number of rotatable bonds is 7. The van der Waals surface area contributed by atoms with Crippen LogP contribution in [0.25, 0.3) is 56.4 Å². The van der Waals surface area contributed by atoms with Gasteiger partial charge in [-0.2, -0.15) is 24.9 Å². The topological polar surface area (TPSA) is 107 Å². The maximum atomic E-state index is 8.46. The second-order valence-electron chi connectivity index (χ2n) is 11.2. The largest absolute Gasteiger partial charge is 0.569 e. The minimum atomic E-state index is 0.101. The van der Waals surface area contributed by atoms with Crippen LogP contribution >= 0.6 is 34.8 Å². The standard InChI is InChI=1S/C21H14ClN3.C12H10BO2.C9H5Cl2N3/c22-21-24-19(17-9-5-2-6-10-17)23-20(25-21)18-13-11-16(12-14-18)15-7-3-1-4-8-15;14-13-15-12-8-6-11(7-9-12)10-4-2-1-3-5-10;10-8-12-7(13-9(11)14-8)6-4-2-1-3-5-6/h1-14H;1-9,14H;1-5H. The Morgan fingerprint density at radius 3 is 1.00 bits per heavy atom. The summed E-state index contributed by atoms with van der Waals surface area (Å²) in [5.74, 6) is 2.24. The zero-order valence-corrected chi connectivity index (χ0v) is 30.7. The molecule has 0 fully saturated rings. The minimum absolute atomic E-state index is 0.101. The van der Waals surface area contributed by atoms with Gasteiger partial charge in [0.15, 0.2) is 17.5 Å². The van der Waals surface area contributed by atoms with Crippen molar-refractivity contribution >= 4 is 42.5 Å². The Balaban J connectivity index is 0.000000148. The van der Waals surface area contributed by atoms with E-state index in [1.54, 1.807) is 0 Å². The summed E-state index contributed by atoms with van der Waals surface area (Å²) in [6, 6.07) is 55.2. The third-order valence-electron chi connectivity index (χ3n) is 7.65. The maximum absolute atomic E-state index is 8.46. The van der Waals surface area contributed by atoms with Crippen LogP contribution in [0.2, 0.25) is 15.9 Å². The van der Waals surface area contributed by atoms with Crippen molar-refractivity contribution in [1.82, 2.24) is 29.9 Å². The summed E-state index contributed by atoms with van der Waals surface area (Å²) in [6.07, 6.45) is 0. The molecule has 0 aliphatic rings. The molecule has 0 spiro atoms. The highest BCUT2D eigenvalue weighted by Crippen LogP contribution is 2.26. The first-order valence-corrected chi connectivity index (χ1v) is 17.6. The molecule has 8 aromatic rings. The molecule has 12 heteroatoms. The van der Waals surface area contributed by atoms with Gasteiger partial charge in [-0.25, -0.2) is 4.98 Å². The molecule has 2 aromatic heterocycles. The van der Waals surface area contributed by atoms with E-state index < -0.39 is 0 Å². The molecule has 1 N–H and O–H groups in total. The van der Waals surface area contributed by atoms with Crippen LogP contribution in [-0.4, -0.2) is 42.6 Å². The average molecular weight is 767 g/mol. The first-order chi connectivity index (χ1) is 26.4. The zero-order chi connectivity index (χ0) is 37.5. The van der Waals surface area contributed by atoms with Crippen molar-refractivity contribution in [3.05, 3.63) is 186 Å². The molecular weight excluding hydrogens is 738 g/mol. The molecule has 0 aliphatic carbocycles. The van der Waals surface area contributed by atoms with E-state index in [0.29, 0.717) is 30.9 Å². The molecule has 263 valence electrons. The van der Waals surface area contributed by atoms with Crippen molar-refractivity contribution in [2.75, 3.05) is 0 Å². The minimum Gasteiger partial charge on any atom is -0.537 e. The maximum Gasteiger partial charge on any atom is 0.569 e. The molecule has 1 radical (unpaired) electrons. The second kappa shape index (κ2) is 19.2. The number of halogens is 3. The quantitative estimate of drug-likeness (QED) is 0.160. The molecule has 8 nitrogen and oxygen atoms in total. The average Bonchev–Trinajstić information content (AvgIpc) is 3.22. The van der Waals surface area contributed by atoms with Gasteiger partial charge in [0, 0.05) is 16.7 Å². The SMILES string of the molecule is Clc1nc(-c2ccccc2)nc(-c2ccc(-c3ccccc3)cc2)n1.Clc1nc(Cl)nc(-c2ccccc2)n1.O[B]Oc1ccc(-c2ccccc2)cc1. The number of nitrogens with zero attached hydrogens (tertiary/aromatic N) is 6. The van der Waals surface area contributed by atoms with Gasteiger partial charge in [-0.1, -0.05) is 158 Å². The van der Waals surface area contributed by atoms with Crippen LogP contribution < -0.4 is 4.65 Å². The van der Waals surface area contributed by atoms with E-state index in [1.807, 2.05) is 146 Å². The summed E-state index contributed by atoms with van der Waals surface area (Å²) in [6.45, 7) is 0. The number of benzene rings is 6. The van der Waals surface area contributed by atoms with Crippen molar-refractivity contribution in [3.8, 4) is 62.2 Å². The van der Waals surface area contributed by atoms with Gasteiger partial charge in [0.2, 0.25) is 15.9 Å². The molecular formula is C42H29BCl3N6O2. The summed E-state index contributed by atoms with van der Waals surface area (Å²) in [5, 5.41) is 8.85. The van der Waals surface area contributed by atoms with Gasteiger partial charge in [-0.3, -0.25) is 0 Å². The lowest BCUT2D eigenvalue weighted by Crippen LogP contribution is -1.99. The Hall–Kier alpha value is -5.97. The molecule has 0 atom stereocenters. The molecule has 2 heterocycles. The molecule has 0 saturated carbocycles. The Bertz CT molecular complexity index is 2340. The Morgan fingerprint density at radius 2 is 0.611 bits per heavy atom. The molecule has 54 heavy (non-hydrogen) atoms. The van der Waals surface area contributed by atoms with Gasteiger partial charge in [-0.05, 0) is 69.2 Å². The van der Waals surface area contributed by atoms with Crippen LogP contribution in [0, 0.1) is 0 Å². The van der Waals surface area contributed by atoms with Crippen LogP contribution in [0.5, 0.6) is 5.75 Å². The Labute approximate surface area is 328 Å². The summed E-state index contributed by atoms with van der Waals surface area (Å²) < 4.78 is 4.83. The van der Waals surface area contributed by atoms with Gasteiger partial charge >= 0.3 is 7.69 Å². The highest BCUT2D eigenvalue weighted by molar-refractivity contribution is 6.31. The van der Waals surface area contributed by atoms with Crippen LogP contribution in [0.1, 0.15) is 0 Å². The first-order valence-electron chi connectivity index (χ1n) is 16.5. The zero-order valence-electron chi connectivity index (χ0n) is 28.4. The summed E-state index contributed by atoms with van der Waals surface area (Å²) >= 11 is 17.4. The van der Waals surface area contributed by atoms with Crippen molar-refractivity contribution in [3.63, 3.8) is 0 Å². The second-order valence-corrected chi connectivity index (χ2v) is 12.3. The van der Waals surface area contributed by atoms with E-state index >= 15 is 0 Å². The molecule has 6 aromatic carbocycles. The van der Waals surface area contributed by atoms with E-state index in [4.69, 9.17) is 44.5 Å². The predicted molar refractivity (Wildman–Crippen MR) is 217 cm³/mol. The summed E-state index contributed by atoms with van der Waals surface area (Å²) in [4.78, 5) is 24.7. The van der Waals surface area contributed by atoms with Crippen molar-refractivity contribution in [1.29, 1.82) is 0 Å². The van der Waals surface area contributed by atoms with E-state index in [0.717, 1.165) is 33.4 Å². The smallest absolute Gasteiger partial charge is 0.537 e. The Kier molecular flexibility index (Phi) is 13.4. The van der Waals surface area contributed by atoms with Gasteiger partial charge in [0.25, 0.3) is 0 Å². The molecule has 0 aliphatic heterocycles. The molecule has 0 unspecified atom stereocenters. The van der Waals surface area contributed by atoms with Crippen molar-refractivity contribution in [2.24, 2.45) is 0 Å². The molecule has 0 bridgehead atoms. The number of hydrogen-bond acceptors (Lipinski definition) is 8. The summed E-state index contributed by atoms with van der Waals surface area (Å²) in [7, 11) is 0.678. The molecule has 8 rings (SSSR count). The van der Waals surface area contributed by atoms with E-state index in [9.17, 15) is 0 Å². The van der Waals surface area contributed by atoms with Crippen molar-refractivity contribution in [2.45, 2.75) is 0 Å². The number of aromatic nitrogens is 6. The third kappa shape index (κ3) is 10.8. The monoisotopic (exact) mass is 765 g/mol. The van der Waals surface area contributed by atoms with E-state index in [1.165, 1.54) is 5.56 Å². The molecule has 0 amide bonds. The van der Waals surface area contributed by atoms with E-state index in [2.05, 4.69) is 54.2 Å². The van der Waals surface area contributed by atoms with E-state index in [-0.39, 0.29) is 15.9 Å². The molecule has 0 saturated heterocycles. The van der Waals surface area contributed by atoms with Gasteiger partial charge in [-0.15, -0.1) is 0 Å². The highest BCUT2D eigenvalue weighted by Gasteiger charge is 2.10. The van der Waals surface area contributed by atoms with Gasteiger partial charge in [0.1, 0.15) is 5.75 Å². The lowest BCUT2D eigenvalue weighted by atomic mass is 10.0.